The van der Waals surface area contributed by atoms with Gasteiger partial charge in [0.15, 0.2) is 6.10 Å². The number of ether oxygens (including phenoxy) is 1. The van der Waals surface area contributed by atoms with E-state index in [0.29, 0.717) is 0 Å². The molecule has 4 heteroatoms. The molecule has 0 radical (unpaired) electrons. The molecule has 0 saturated carbocycles. The standard InChI is InChI=1S/C9H14O4/c1-5-6(10)11-8-7(12-13-8)9(2,3)4/h5,7-8H,1H2,2-4H3. The number of carbonyl (C=O) groups excluding carboxylic acids is 1. The van der Waals surface area contributed by atoms with Crippen LogP contribution in [0.2, 0.25) is 0 Å². The number of esters is 1. The third-order valence-electron chi connectivity index (χ3n) is 1.75. The molecule has 13 heavy (non-hydrogen) atoms. The Morgan fingerprint density at radius 2 is 2.08 bits per heavy atom. The molecule has 2 unspecified atom stereocenters. The van der Waals surface area contributed by atoms with Crippen LogP contribution in [-0.4, -0.2) is 18.4 Å². The summed E-state index contributed by atoms with van der Waals surface area (Å²) in [5.74, 6) is -0.498. The van der Waals surface area contributed by atoms with Gasteiger partial charge in [-0.15, -0.1) is 0 Å². The van der Waals surface area contributed by atoms with Gasteiger partial charge in [0.1, 0.15) is 0 Å². The zero-order valence-corrected chi connectivity index (χ0v) is 8.07. The third kappa shape index (κ3) is 2.29. The molecule has 0 bridgehead atoms. The SMILES string of the molecule is C=CC(=O)OC1OOC1C(C)(C)C. The number of hydrogen-bond donors (Lipinski definition) is 0. The summed E-state index contributed by atoms with van der Waals surface area (Å²) in [5.41, 5.74) is -0.107. The molecule has 4 nitrogen and oxygen atoms in total. The van der Waals surface area contributed by atoms with E-state index in [4.69, 9.17) is 9.62 Å². The van der Waals surface area contributed by atoms with Gasteiger partial charge in [0.25, 0.3) is 6.29 Å². The van der Waals surface area contributed by atoms with Crippen LogP contribution < -0.4 is 0 Å². The topological polar surface area (TPSA) is 44.8 Å². The minimum atomic E-state index is -0.606. The van der Waals surface area contributed by atoms with Crippen LogP contribution in [0.1, 0.15) is 20.8 Å². The average molecular weight is 186 g/mol. The molecule has 0 aromatic heterocycles. The van der Waals surface area contributed by atoms with E-state index in [-0.39, 0.29) is 11.5 Å². The van der Waals surface area contributed by atoms with E-state index in [0.717, 1.165) is 6.08 Å². The molecular formula is C9H14O4. The van der Waals surface area contributed by atoms with E-state index in [1.54, 1.807) is 0 Å². The molecule has 74 valence electrons. The van der Waals surface area contributed by atoms with Crippen molar-refractivity contribution in [3.63, 3.8) is 0 Å². The van der Waals surface area contributed by atoms with Crippen LogP contribution in [0.5, 0.6) is 0 Å². The van der Waals surface area contributed by atoms with Gasteiger partial charge in [-0.2, -0.15) is 4.89 Å². The Labute approximate surface area is 77.4 Å². The van der Waals surface area contributed by atoms with Crippen LogP contribution in [0.4, 0.5) is 0 Å². The maximum Gasteiger partial charge on any atom is 0.332 e. The Morgan fingerprint density at radius 3 is 2.38 bits per heavy atom. The second-order valence-electron chi connectivity index (χ2n) is 3.99. The summed E-state index contributed by atoms with van der Waals surface area (Å²) in [6, 6.07) is 0. The highest BCUT2D eigenvalue weighted by atomic mass is 17.3. The molecule has 1 aliphatic heterocycles. The smallest absolute Gasteiger partial charge is 0.332 e. The highest BCUT2D eigenvalue weighted by molar-refractivity contribution is 5.81. The molecule has 1 heterocycles. The fraction of sp³-hybridized carbons (Fsp3) is 0.667. The molecule has 2 atom stereocenters. The van der Waals surface area contributed by atoms with E-state index in [2.05, 4.69) is 11.5 Å². The largest absolute Gasteiger partial charge is 0.427 e. The normalized spacial score (nSPS) is 27.6. The molecule has 0 spiro atoms. The van der Waals surface area contributed by atoms with Gasteiger partial charge < -0.3 is 4.74 Å². The van der Waals surface area contributed by atoms with E-state index < -0.39 is 12.3 Å². The quantitative estimate of drug-likeness (QED) is 0.371. The molecule has 1 fully saturated rings. The lowest BCUT2D eigenvalue weighted by Gasteiger charge is -2.41. The van der Waals surface area contributed by atoms with Gasteiger partial charge in [0.2, 0.25) is 0 Å². The van der Waals surface area contributed by atoms with Crippen molar-refractivity contribution in [2.75, 3.05) is 0 Å². The lowest BCUT2D eigenvalue weighted by Crippen LogP contribution is -2.52. The lowest BCUT2D eigenvalue weighted by molar-refractivity contribution is -0.525. The Morgan fingerprint density at radius 1 is 1.46 bits per heavy atom. The van der Waals surface area contributed by atoms with Crippen molar-refractivity contribution >= 4 is 5.97 Å². The van der Waals surface area contributed by atoms with Gasteiger partial charge in [-0.1, -0.05) is 27.4 Å². The maximum atomic E-state index is 10.8. The molecule has 1 rings (SSSR count). The first-order valence-electron chi connectivity index (χ1n) is 4.10. The van der Waals surface area contributed by atoms with Crippen molar-refractivity contribution in [1.29, 1.82) is 0 Å². The minimum Gasteiger partial charge on any atom is -0.427 e. The Hall–Kier alpha value is -0.870. The molecule has 0 aromatic carbocycles. The highest BCUT2D eigenvalue weighted by Crippen LogP contribution is 2.33. The van der Waals surface area contributed by atoms with Gasteiger partial charge >= 0.3 is 5.97 Å². The van der Waals surface area contributed by atoms with Crippen LogP contribution in [0.15, 0.2) is 12.7 Å². The van der Waals surface area contributed by atoms with Crippen LogP contribution in [0, 0.1) is 5.41 Å². The summed E-state index contributed by atoms with van der Waals surface area (Å²) < 4.78 is 4.87. The highest BCUT2D eigenvalue weighted by Gasteiger charge is 2.45. The van der Waals surface area contributed by atoms with Crippen LogP contribution in [-0.2, 0) is 19.3 Å². The molecule has 0 aliphatic carbocycles. The van der Waals surface area contributed by atoms with E-state index in [9.17, 15) is 4.79 Å². The second kappa shape index (κ2) is 3.47. The summed E-state index contributed by atoms with van der Waals surface area (Å²) in [5, 5.41) is 0. The van der Waals surface area contributed by atoms with Gasteiger partial charge in [-0.3, -0.25) is 0 Å². The minimum absolute atomic E-state index is 0.107. The number of carbonyl (C=O) groups is 1. The van der Waals surface area contributed by atoms with Crippen LogP contribution >= 0.6 is 0 Å². The lowest BCUT2D eigenvalue weighted by atomic mass is 9.88. The van der Waals surface area contributed by atoms with E-state index in [1.165, 1.54) is 0 Å². The fourth-order valence-corrected chi connectivity index (χ4v) is 0.953. The number of hydrogen-bond acceptors (Lipinski definition) is 4. The first-order valence-corrected chi connectivity index (χ1v) is 4.10. The predicted molar refractivity (Wildman–Crippen MR) is 45.5 cm³/mol. The van der Waals surface area contributed by atoms with Gasteiger partial charge in [0, 0.05) is 6.08 Å². The average Bonchev–Trinajstić information content (AvgIpc) is 1.94. The van der Waals surface area contributed by atoms with E-state index in [1.807, 2.05) is 20.8 Å². The summed E-state index contributed by atoms with van der Waals surface area (Å²) >= 11 is 0. The summed E-state index contributed by atoms with van der Waals surface area (Å²) in [7, 11) is 0. The first-order chi connectivity index (χ1) is 5.95. The van der Waals surface area contributed by atoms with Crippen molar-refractivity contribution in [2.24, 2.45) is 5.41 Å². The van der Waals surface area contributed by atoms with Crippen LogP contribution in [0.25, 0.3) is 0 Å². The van der Waals surface area contributed by atoms with Crippen molar-refractivity contribution in [3.8, 4) is 0 Å². The predicted octanol–water partition coefficient (Wildman–Crippen LogP) is 1.42. The molecule has 1 aliphatic rings. The first kappa shape index (κ1) is 10.2. The van der Waals surface area contributed by atoms with Gasteiger partial charge in [-0.25, -0.2) is 9.68 Å². The van der Waals surface area contributed by atoms with Crippen LogP contribution in [0.3, 0.4) is 0 Å². The van der Waals surface area contributed by atoms with Gasteiger partial charge in [-0.05, 0) is 5.41 Å². The zero-order valence-electron chi connectivity index (χ0n) is 8.07. The van der Waals surface area contributed by atoms with Crippen molar-refractivity contribution in [1.82, 2.24) is 0 Å². The van der Waals surface area contributed by atoms with Crippen molar-refractivity contribution in [2.45, 2.75) is 33.2 Å². The molecule has 1 saturated heterocycles. The molecule has 0 amide bonds. The second-order valence-corrected chi connectivity index (χ2v) is 3.99. The Bertz CT molecular complexity index is 216. The zero-order chi connectivity index (χ0) is 10.1. The third-order valence-corrected chi connectivity index (χ3v) is 1.75. The fourth-order valence-electron chi connectivity index (χ4n) is 0.953. The summed E-state index contributed by atoms with van der Waals surface area (Å²) in [4.78, 5) is 20.3. The summed E-state index contributed by atoms with van der Waals surface area (Å²) in [6.45, 7) is 9.23. The molecule has 0 aromatic rings. The van der Waals surface area contributed by atoms with Crippen molar-refractivity contribution in [3.05, 3.63) is 12.7 Å². The number of rotatable bonds is 2. The Balaban J connectivity index is 2.46. The van der Waals surface area contributed by atoms with E-state index >= 15 is 0 Å². The Kier molecular flexibility index (Phi) is 2.73. The monoisotopic (exact) mass is 186 g/mol. The van der Waals surface area contributed by atoms with Crippen molar-refractivity contribution < 1.29 is 19.3 Å². The maximum absolute atomic E-state index is 10.8. The summed E-state index contributed by atoms with van der Waals surface area (Å²) in [6.07, 6.45) is 0.281. The molecule has 0 N–H and O–H groups in total. The van der Waals surface area contributed by atoms with Gasteiger partial charge in [0.05, 0.1) is 0 Å². The molecular weight excluding hydrogens is 172 g/mol.